The van der Waals surface area contributed by atoms with Gasteiger partial charge in [-0.1, -0.05) is 6.92 Å². The van der Waals surface area contributed by atoms with Crippen molar-refractivity contribution in [3.63, 3.8) is 0 Å². The smallest absolute Gasteiger partial charge is 0.234 e. The van der Waals surface area contributed by atoms with Gasteiger partial charge in [0.1, 0.15) is 11.9 Å². The second kappa shape index (κ2) is 3.67. The minimum absolute atomic E-state index is 0.268. The average molecular weight is 229 g/mol. The first kappa shape index (κ1) is 10.5. The molecule has 0 radical (unpaired) electrons. The lowest BCUT2D eigenvalue weighted by Crippen LogP contribution is -2.71. The second-order valence-electron chi connectivity index (χ2n) is 4.97. The van der Waals surface area contributed by atoms with Crippen LogP contribution in [0.4, 0.5) is 5.82 Å². The first-order valence-electron chi connectivity index (χ1n) is 5.98. The maximum Gasteiger partial charge on any atom is 0.234 e. The molecule has 88 valence electrons. The minimum Gasteiger partial charge on any atom is -0.355 e. The van der Waals surface area contributed by atoms with Gasteiger partial charge in [-0.3, -0.25) is 0 Å². The van der Waals surface area contributed by atoms with Gasteiger partial charge >= 0.3 is 0 Å². The van der Waals surface area contributed by atoms with Crippen LogP contribution in [0.15, 0.2) is 6.20 Å². The molecule has 2 aliphatic heterocycles. The van der Waals surface area contributed by atoms with Gasteiger partial charge in [0, 0.05) is 43.4 Å². The predicted molar refractivity (Wildman–Crippen MR) is 63.6 cm³/mol. The molecule has 1 aromatic heterocycles. The van der Waals surface area contributed by atoms with Crippen LogP contribution in [0, 0.1) is 16.7 Å². The lowest BCUT2D eigenvalue weighted by atomic mass is 9.74. The fourth-order valence-corrected chi connectivity index (χ4v) is 2.59. The molecule has 5 heteroatoms. The summed E-state index contributed by atoms with van der Waals surface area (Å²) in [6, 6.07) is 2.01. The molecule has 0 unspecified atom stereocenters. The van der Waals surface area contributed by atoms with Crippen LogP contribution in [0.5, 0.6) is 0 Å². The van der Waals surface area contributed by atoms with Crippen LogP contribution in [-0.4, -0.2) is 36.1 Å². The Balaban J connectivity index is 1.84. The third-order valence-corrected chi connectivity index (χ3v) is 3.67. The molecule has 2 aliphatic rings. The highest BCUT2D eigenvalue weighted by Crippen LogP contribution is 2.37. The summed E-state index contributed by atoms with van der Waals surface area (Å²) in [6.45, 7) is 6.42. The van der Waals surface area contributed by atoms with E-state index in [1.807, 2.05) is 6.07 Å². The molecule has 2 fully saturated rings. The predicted octanol–water partition coefficient (Wildman–Crippen LogP) is 0.320. The minimum atomic E-state index is 0.268. The molecular formula is C12H15N5. The van der Waals surface area contributed by atoms with Gasteiger partial charge in [0.05, 0.1) is 0 Å². The molecule has 0 aliphatic carbocycles. The largest absolute Gasteiger partial charge is 0.355 e. The fraction of sp³-hybridized carbons (Fsp3) is 0.583. The van der Waals surface area contributed by atoms with E-state index in [2.05, 4.69) is 27.1 Å². The summed E-state index contributed by atoms with van der Waals surface area (Å²) in [5, 5.41) is 12.2. The van der Waals surface area contributed by atoms with E-state index in [9.17, 15) is 0 Å². The molecule has 0 atom stereocenters. The first-order chi connectivity index (χ1) is 8.26. The van der Waals surface area contributed by atoms with Crippen molar-refractivity contribution in [2.45, 2.75) is 13.3 Å². The average Bonchev–Trinajstić information content (AvgIpc) is 2.25. The van der Waals surface area contributed by atoms with Crippen LogP contribution in [-0.2, 0) is 6.42 Å². The number of nitriles is 1. The van der Waals surface area contributed by atoms with Crippen molar-refractivity contribution < 1.29 is 0 Å². The molecule has 0 bridgehead atoms. The molecular weight excluding hydrogens is 214 g/mol. The fourth-order valence-electron chi connectivity index (χ4n) is 2.59. The summed E-state index contributed by atoms with van der Waals surface area (Å²) in [5.74, 6) is 1.22. The Morgan fingerprint density at radius 2 is 2.29 bits per heavy atom. The first-order valence-corrected chi connectivity index (χ1v) is 5.98. The number of aryl methyl sites for hydroxylation is 1. The summed E-state index contributed by atoms with van der Waals surface area (Å²) in [4.78, 5) is 10.6. The highest BCUT2D eigenvalue weighted by atomic mass is 15.3. The third-order valence-electron chi connectivity index (χ3n) is 3.67. The maximum atomic E-state index is 8.85. The van der Waals surface area contributed by atoms with Crippen molar-refractivity contribution in [1.29, 1.82) is 5.26 Å². The number of aromatic nitrogens is 2. The standard InChI is InChI=1S/C12H15N5/c1-2-9-4-15-10(3-13)16-11(9)17-7-12(8-17)5-14-6-12/h4,14H,2,5-8H2,1H3. The number of anilines is 1. The van der Waals surface area contributed by atoms with Crippen molar-refractivity contribution in [3.05, 3.63) is 17.6 Å². The Hall–Kier alpha value is -1.67. The molecule has 0 saturated carbocycles. The summed E-state index contributed by atoms with van der Waals surface area (Å²) in [7, 11) is 0. The molecule has 1 N–H and O–H groups in total. The van der Waals surface area contributed by atoms with E-state index in [-0.39, 0.29) is 5.82 Å². The zero-order valence-corrected chi connectivity index (χ0v) is 9.90. The third kappa shape index (κ3) is 1.56. The van der Waals surface area contributed by atoms with Gasteiger partial charge in [0.2, 0.25) is 5.82 Å². The van der Waals surface area contributed by atoms with E-state index in [0.717, 1.165) is 44.0 Å². The number of hydrogen-bond donors (Lipinski definition) is 1. The van der Waals surface area contributed by atoms with E-state index < -0.39 is 0 Å². The van der Waals surface area contributed by atoms with Crippen molar-refractivity contribution in [1.82, 2.24) is 15.3 Å². The molecule has 1 spiro atoms. The molecule has 1 aromatic rings. The zero-order valence-electron chi connectivity index (χ0n) is 9.90. The number of nitrogens with zero attached hydrogens (tertiary/aromatic N) is 4. The summed E-state index contributed by atoms with van der Waals surface area (Å²) in [5.41, 5.74) is 1.61. The maximum absolute atomic E-state index is 8.85. The van der Waals surface area contributed by atoms with Crippen molar-refractivity contribution >= 4 is 5.82 Å². The van der Waals surface area contributed by atoms with E-state index in [1.54, 1.807) is 6.20 Å². The highest BCUT2D eigenvalue weighted by molar-refractivity contribution is 5.51. The molecule has 3 heterocycles. The quantitative estimate of drug-likeness (QED) is 0.791. The van der Waals surface area contributed by atoms with E-state index in [4.69, 9.17) is 5.26 Å². The number of hydrogen-bond acceptors (Lipinski definition) is 5. The van der Waals surface area contributed by atoms with Crippen LogP contribution < -0.4 is 10.2 Å². The topological polar surface area (TPSA) is 64.8 Å². The van der Waals surface area contributed by atoms with Gasteiger partial charge in [-0.05, 0) is 6.42 Å². The second-order valence-corrected chi connectivity index (χ2v) is 4.97. The van der Waals surface area contributed by atoms with Crippen LogP contribution in [0.3, 0.4) is 0 Å². The van der Waals surface area contributed by atoms with Crippen molar-refractivity contribution in [2.75, 3.05) is 31.1 Å². The van der Waals surface area contributed by atoms with Crippen LogP contribution in [0.2, 0.25) is 0 Å². The van der Waals surface area contributed by atoms with E-state index in [1.165, 1.54) is 0 Å². The lowest BCUT2D eigenvalue weighted by Gasteiger charge is -2.56. The lowest BCUT2D eigenvalue weighted by molar-refractivity contribution is 0.120. The summed E-state index contributed by atoms with van der Waals surface area (Å²) in [6.07, 6.45) is 2.69. The zero-order chi connectivity index (χ0) is 11.9. The Morgan fingerprint density at radius 3 is 2.82 bits per heavy atom. The Bertz CT molecular complexity index is 478. The van der Waals surface area contributed by atoms with E-state index >= 15 is 0 Å². The van der Waals surface area contributed by atoms with Crippen molar-refractivity contribution in [3.8, 4) is 6.07 Å². The van der Waals surface area contributed by atoms with Gasteiger partial charge in [0.25, 0.3) is 0 Å². The normalized spacial score (nSPS) is 20.6. The molecule has 0 aromatic carbocycles. The van der Waals surface area contributed by atoms with Gasteiger partial charge in [-0.25, -0.2) is 9.97 Å². The molecule has 3 rings (SSSR count). The van der Waals surface area contributed by atoms with Gasteiger partial charge in [-0.15, -0.1) is 0 Å². The Kier molecular flexibility index (Phi) is 2.26. The summed E-state index contributed by atoms with van der Waals surface area (Å²) >= 11 is 0. The Labute approximate surface area is 100 Å². The van der Waals surface area contributed by atoms with Crippen LogP contribution >= 0.6 is 0 Å². The highest BCUT2D eigenvalue weighted by Gasteiger charge is 2.48. The molecule has 5 nitrogen and oxygen atoms in total. The van der Waals surface area contributed by atoms with Gasteiger partial charge in [-0.2, -0.15) is 5.26 Å². The van der Waals surface area contributed by atoms with Crippen molar-refractivity contribution in [2.24, 2.45) is 5.41 Å². The number of rotatable bonds is 2. The Morgan fingerprint density at radius 1 is 1.53 bits per heavy atom. The van der Waals surface area contributed by atoms with Gasteiger partial charge in [0.15, 0.2) is 0 Å². The molecule has 17 heavy (non-hydrogen) atoms. The molecule has 0 amide bonds. The summed E-state index contributed by atoms with van der Waals surface area (Å²) < 4.78 is 0. The number of nitrogens with one attached hydrogen (secondary N) is 1. The van der Waals surface area contributed by atoms with Crippen LogP contribution in [0.25, 0.3) is 0 Å². The van der Waals surface area contributed by atoms with Gasteiger partial charge < -0.3 is 10.2 Å². The van der Waals surface area contributed by atoms with E-state index in [0.29, 0.717) is 5.41 Å². The SMILES string of the molecule is CCc1cnc(C#N)nc1N1CC2(CNC2)C1. The molecule has 2 saturated heterocycles. The van der Waals surface area contributed by atoms with Crippen LogP contribution in [0.1, 0.15) is 18.3 Å². The monoisotopic (exact) mass is 229 g/mol.